The molecule has 1 aliphatic heterocycles. The topological polar surface area (TPSA) is 144 Å². The summed E-state index contributed by atoms with van der Waals surface area (Å²) in [7, 11) is 0. The van der Waals surface area contributed by atoms with E-state index in [-0.39, 0.29) is 29.7 Å². The van der Waals surface area contributed by atoms with Crippen molar-refractivity contribution in [1.82, 2.24) is 25.7 Å². The van der Waals surface area contributed by atoms with E-state index in [2.05, 4.69) is 20.8 Å². The van der Waals surface area contributed by atoms with Gasteiger partial charge in [0.2, 0.25) is 23.5 Å². The Hall–Kier alpha value is -3.76. The third-order valence-corrected chi connectivity index (χ3v) is 6.75. The molecule has 2 aromatic rings. The Balaban J connectivity index is 1.70. The molecule has 0 bridgehead atoms. The quantitative estimate of drug-likeness (QED) is 0.401. The highest BCUT2D eigenvalue weighted by molar-refractivity contribution is 6.00. The maximum absolute atomic E-state index is 13.4. The lowest BCUT2D eigenvalue weighted by Gasteiger charge is -2.31. The molecule has 2 heterocycles. The summed E-state index contributed by atoms with van der Waals surface area (Å²) in [5, 5.41) is 13.4. The molecule has 1 fully saturated rings. The largest absolute Gasteiger partial charge is 0.447 e. The van der Waals surface area contributed by atoms with Crippen LogP contribution in [0.25, 0.3) is 0 Å². The van der Waals surface area contributed by atoms with Crippen molar-refractivity contribution in [2.45, 2.75) is 92.0 Å². The Kier molecular flexibility index (Phi) is 10.4. The van der Waals surface area contributed by atoms with Crippen molar-refractivity contribution in [3.8, 4) is 0 Å². The molecule has 3 amide bonds. The summed E-state index contributed by atoms with van der Waals surface area (Å²) < 4.78 is 10.8. The smallest absolute Gasteiger partial charge is 0.408 e. The van der Waals surface area contributed by atoms with Crippen LogP contribution in [0, 0.1) is 18.8 Å². The highest BCUT2D eigenvalue weighted by Gasteiger charge is 2.40. The zero-order chi connectivity index (χ0) is 29.6. The number of carbonyl (C=O) groups excluding carboxylic acids is 4. The van der Waals surface area contributed by atoms with E-state index < -0.39 is 35.9 Å². The van der Waals surface area contributed by atoms with Crippen molar-refractivity contribution in [2.24, 2.45) is 11.8 Å². The first-order valence-corrected chi connectivity index (χ1v) is 13.9. The van der Waals surface area contributed by atoms with Gasteiger partial charge in [-0.15, -0.1) is 10.2 Å². The molecule has 0 radical (unpaired) electrons. The monoisotopic (exact) mass is 555 g/mol. The molecule has 0 aliphatic carbocycles. The lowest BCUT2D eigenvalue weighted by atomic mass is 9.98. The number of amides is 3. The van der Waals surface area contributed by atoms with Crippen LogP contribution >= 0.6 is 0 Å². The maximum atomic E-state index is 13.4. The van der Waals surface area contributed by atoms with Crippen LogP contribution < -0.4 is 10.6 Å². The van der Waals surface area contributed by atoms with Gasteiger partial charge < -0.3 is 24.7 Å². The van der Waals surface area contributed by atoms with Crippen LogP contribution in [0.3, 0.4) is 0 Å². The molecule has 40 heavy (non-hydrogen) atoms. The molecular weight excluding hydrogens is 514 g/mol. The average Bonchev–Trinajstić information content (AvgIpc) is 3.54. The summed E-state index contributed by atoms with van der Waals surface area (Å²) in [5.41, 5.74) is 2.08. The highest BCUT2D eigenvalue weighted by Crippen LogP contribution is 2.22. The molecule has 1 saturated heterocycles. The van der Waals surface area contributed by atoms with Gasteiger partial charge in [0.05, 0.1) is 18.6 Å². The summed E-state index contributed by atoms with van der Waals surface area (Å²) in [5.74, 6) is -1.66. The molecule has 11 heteroatoms. The van der Waals surface area contributed by atoms with Gasteiger partial charge in [-0.25, -0.2) is 4.79 Å². The number of ether oxygens (including phenoxy) is 1. The Morgan fingerprint density at radius 3 is 2.35 bits per heavy atom. The summed E-state index contributed by atoms with van der Waals surface area (Å²) in [6.07, 6.45) is 0.427. The number of alkyl carbamates (subject to hydrolysis) is 1. The molecule has 3 atom stereocenters. The zero-order valence-electron chi connectivity index (χ0n) is 24.4. The van der Waals surface area contributed by atoms with Crippen molar-refractivity contribution in [2.75, 3.05) is 6.54 Å². The van der Waals surface area contributed by atoms with E-state index >= 15 is 0 Å². The van der Waals surface area contributed by atoms with E-state index in [4.69, 9.17) is 9.15 Å². The Bertz CT molecular complexity index is 1210. The number of benzene rings is 1. The Morgan fingerprint density at radius 1 is 1.02 bits per heavy atom. The van der Waals surface area contributed by atoms with Crippen LogP contribution in [-0.4, -0.2) is 69.6 Å². The van der Waals surface area contributed by atoms with Crippen LogP contribution in [-0.2, 0) is 20.7 Å². The van der Waals surface area contributed by atoms with Gasteiger partial charge in [-0.3, -0.25) is 14.4 Å². The van der Waals surface area contributed by atoms with Gasteiger partial charge in [-0.2, -0.15) is 0 Å². The van der Waals surface area contributed by atoms with Crippen molar-refractivity contribution in [3.63, 3.8) is 0 Å². The number of Topliss-reactive ketones (excluding diaryl/α,β-unsaturated/α-hetero) is 1. The predicted octanol–water partition coefficient (Wildman–Crippen LogP) is 3.44. The van der Waals surface area contributed by atoms with E-state index in [9.17, 15) is 19.2 Å². The minimum absolute atomic E-state index is 0.172. The minimum atomic E-state index is -0.919. The molecule has 2 N–H and O–H groups in total. The average molecular weight is 556 g/mol. The number of rotatable bonds is 11. The van der Waals surface area contributed by atoms with Crippen LogP contribution in [0.2, 0.25) is 0 Å². The van der Waals surface area contributed by atoms with E-state index in [1.807, 2.05) is 58.9 Å². The number of hydrogen-bond donors (Lipinski definition) is 2. The number of nitrogens with zero attached hydrogens (tertiary/aromatic N) is 3. The molecule has 3 rings (SSSR count). The summed E-state index contributed by atoms with van der Waals surface area (Å²) in [4.78, 5) is 53.9. The second-order valence-electron chi connectivity index (χ2n) is 11.3. The number of ketones is 1. The normalized spacial score (nSPS) is 16.8. The van der Waals surface area contributed by atoms with Crippen molar-refractivity contribution in [1.29, 1.82) is 0 Å². The fraction of sp³-hybridized carbons (Fsp3) is 0.586. The first-order chi connectivity index (χ1) is 18.9. The lowest BCUT2D eigenvalue weighted by molar-refractivity contribution is -0.141. The molecule has 0 spiro atoms. The number of hydrogen-bond acceptors (Lipinski definition) is 8. The van der Waals surface area contributed by atoms with Gasteiger partial charge in [0.15, 0.2) is 0 Å². The Morgan fingerprint density at radius 2 is 1.73 bits per heavy atom. The van der Waals surface area contributed by atoms with Crippen molar-refractivity contribution >= 4 is 23.7 Å². The van der Waals surface area contributed by atoms with E-state index in [0.29, 0.717) is 31.7 Å². The van der Waals surface area contributed by atoms with Gasteiger partial charge in [0, 0.05) is 6.54 Å². The van der Waals surface area contributed by atoms with Gasteiger partial charge in [-0.1, -0.05) is 57.5 Å². The highest BCUT2D eigenvalue weighted by atomic mass is 16.6. The van der Waals surface area contributed by atoms with Gasteiger partial charge in [-0.05, 0) is 51.0 Å². The fourth-order valence-corrected chi connectivity index (χ4v) is 4.71. The SMILES string of the molecule is Cc1cccc(Cc2nnc(C(=O)[C@@H](NC(=O)[C@@H]3CCCN3C(=O)[C@@H](NC(=O)OC(C)C)C(C)C)C(C)C)o2)c1. The fourth-order valence-electron chi connectivity index (χ4n) is 4.71. The summed E-state index contributed by atoms with van der Waals surface area (Å²) >= 11 is 0. The van der Waals surface area contributed by atoms with Gasteiger partial charge in [0.25, 0.3) is 5.89 Å². The van der Waals surface area contributed by atoms with Gasteiger partial charge in [0.1, 0.15) is 12.1 Å². The van der Waals surface area contributed by atoms with E-state index in [1.54, 1.807) is 13.8 Å². The van der Waals surface area contributed by atoms with Gasteiger partial charge >= 0.3 is 6.09 Å². The van der Waals surface area contributed by atoms with Crippen molar-refractivity contribution < 1.29 is 28.3 Å². The molecule has 0 unspecified atom stereocenters. The number of nitrogens with one attached hydrogen (secondary N) is 2. The predicted molar refractivity (Wildman–Crippen MR) is 147 cm³/mol. The molecule has 0 saturated carbocycles. The summed E-state index contributed by atoms with van der Waals surface area (Å²) in [6, 6.07) is 5.32. The third-order valence-electron chi connectivity index (χ3n) is 6.75. The number of aromatic nitrogens is 2. The van der Waals surface area contributed by atoms with Crippen molar-refractivity contribution in [3.05, 3.63) is 47.2 Å². The Labute approximate surface area is 235 Å². The standard InChI is InChI=1S/C29H41N5O6/c1-16(2)23(25(35)27-33-32-22(40-27)15-20-11-8-10-19(7)14-20)30-26(36)21-12-9-13-34(21)28(37)24(17(3)4)31-29(38)39-18(5)6/h8,10-11,14,16-18,21,23-24H,9,12-13,15H2,1-7H3,(H,30,36)(H,31,38)/t21-,23-,24-/m0/s1. The second kappa shape index (κ2) is 13.5. The number of carbonyl (C=O) groups is 4. The number of aryl methyl sites for hydroxylation is 1. The van der Waals surface area contributed by atoms with Crippen LogP contribution in [0.1, 0.15) is 82.1 Å². The van der Waals surface area contributed by atoms with E-state index in [0.717, 1.165) is 11.1 Å². The van der Waals surface area contributed by atoms with Crippen LogP contribution in [0.15, 0.2) is 28.7 Å². The molecule has 11 nitrogen and oxygen atoms in total. The second-order valence-corrected chi connectivity index (χ2v) is 11.3. The molecule has 218 valence electrons. The van der Waals surface area contributed by atoms with E-state index in [1.165, 1.54) is 4.90 Å². The maximum Gasteiger partial charge on any atom is 0.408 e. The van der Waals surface area contributed by atoms with Crippen LogP contribution in [0.4, 0.5) is 4.79 Å². The molecule has 1 aromatic carbocycles. The molecular formula is C29H41N5O6. The third kappa shape index (κ3) is 7.89. The molecule has 1 aliphatic rings. The first kappa shape index (κ1) is 30.8. The zero-order valence-corrected chi connectivity index (χ0v) is 24.4. The lowest BCUT2D eigenvalue weighted by Crippen LogP contribution is -2.57. The summed E-state index contributed by atoms with van der Waals surface area (Å²) in [6.45, 7) is 13.0. The first-order valence-electron chi connectivity index (χ1n) is 13.9. The minimum Gasteiger partial charge on any atom is -0.447 e. The van der Waals surface area contributed by atoms with Crippen LogP contribution in [0.5, 0.6) is 0 Å². The number of likely N-dealkylation sites (tertiary alicyclic amines) is 1. The molecule has 1 aromatic heterocycles.